The molecular formula is C40H67LiN10O9S2. The molecule has 0 aliphatic rings. The Morgan fingerprint density at radius 2 is 1.10 bits per heavy atom. The van der Waals surface area contributed by atoms with E-state index < -0.39 is 36.2 Å². The minimum atomic E-state index is -1.14. The number of hydrogen-bond acceptors (Lipinski definition) is 14. The van der Waals surface area contributed by atoms with Crippen molar-refractivity contribution in [2.75, 3.05) is 19.7 Å². The third kappa shape index (κ3) is 18.1. The molecular weight excluding hydrogens is 836 g/mol. The summed E-state index contributed by atoms with van der Waals surface area (Å²) < 4.78 is 4.96. The first kappa shape index (κ1) is 60.3. The molecule has 0 radical (unpaired) electrons. The van der Waals surface area contributed by atoms with Crippen molar-refractivity contribution in [2.24, 2.45) is 33.9 Å². The minimum absolute atomic E-state index is 0. The van der Waals surface area contributed by atoms with Gasteiger partial charge in [0.05, 0.1) is 6.61 Å². The molecule has 0 saturated carbocycles. The van der Waals surface area contributed by atoms with Gasteiger partial charge in [0.25, 0.3) is 0 Å². The maximum absolute atomic E-state index is 13.4. The number of carbonyl (C=O) groups is 4. The number of rotatable bonds is 25. The monoisotopic (exact) mass is 902 g/mol. The number of aromatic nitrogens is 2. The third-order valence-electron chi connectivity index (χ3n) is 10.3. The number of ether oxygens (including phenoxy) is 1. The van der Waals surface area contributed by atoms with Gasteiger partial charge < -0.3 is 35.3 Å². The molecule has 0 aliphatic carbocycles. The van der Waals surface area contributed by atoms with Crippen molar-refractivity contribution in [3.8, 4) is 0 Å². The summed E-state index contributed by atoms with van der Waals surface area (Å²) in [5.41, 5.74) is 18.0. The molecule has 0 spiro atoms. The van der Waals surface area contributed by atoms with Gasteiger partial charge in [0, 0.05) is 58.6 Å². The number of thiazole rings is 2. The summed E-state index contributed by atoms with van der Waals surface area (Å²) in [6.07, 6.45) is 1.42. The van der Waals surface area contributed by atoms with Crippen molar-refractivity contribution < 1.29 is 63.6 Å². The van der Waals surface area contributed by atoms with Crippen molar-refractivity contribution in [3.05, 3.63) is 53.0 Å². The topological polar surface area (TPSA) is 298 Å². The zero-order valence-electron chi connectivity index (χ0n) is 38.4. The maximum Gasteiger partial charge on any atom is 1.00 e. The second-order valence-electron chi connectivity index (χ2n) is 15.4. The Balaban J connectivity index is 0. The molecule has 0 aromatic carbocycles. The number of aromatic carboxylic acids is 1. The van der Waals surface area contributed by atoms with Crippen molar-refractivity contribution in [2.45, 2.75) is 151 Å². The SMILES string of the molecule is CCCN(C(=O)[C@@H](N=[N+]=[N-])C(C)CC)[C@H](C[C@@H](O)c1nc(C(=O)O)cs1)C(C)C.CCCN(C(=O)[C@@H](N=[N+]=[N-])C(C)CC)[C@H](C[C@@H](O)c1nc(C(=O)OCC)cs1)C(C)C.[Li+].[OH-]. The molecule has 0 saturated heterocycles. The molecule has 2 aromatic heterocycles. The van der Waals surface area contributed by atoms with Crippen LogP contribution in [0.4, 0.5) is 0 Å². The van der Waals surface area contributed by atoms with Gasteiger partial charge in [-0.3, -0.25) is 9.59 Å². The predicted molar refractivity (Wildman–Crippen MR) is 234 cm³/mol. The van der Waals surface area contributed by atoms with Crippen LogP contribution in [-0.2, 0) is 14.3 Å². The molecule has 22 heteroatoms. The van der Waals surface area contributed by atoms with E-state index in [1.54, 1.807) is 22.1 Å². The summed E-state index contributed by atoms with van der Waals surface area (Å²) in [5.74, 6) is -2.23. The largest absolute Gasteiger partial charge is 1.00 e. The van der Waals surface area contributed by atoms with Gasteiger partial charge in [0.2, 0.25) is 11.8 Å². The first-order chi connectivity index (χ1) is 28.4. The summed E-state index contributed by atoms with van der Waals surface area (Å²) in [4.78, 5) is 66.9. The number of aliphatic hydroxyl groups excluding tert-OH is 2. The van der Waals surface area contributed by atoms with Gasteiger partial charge in [-0.2, -0.15) is 0 Å². The third-order valence-corrected chi connectivity index (χ3v) is 12.2. The average molecular weight is 903 g/mol. The first-order valence-corrected chi connectivity index (χ1v) is 22.5. The van der Waals surface area contributed by atoms with Crippen LogP contribution in [0.5, 0.6) is 0 Å². The van der Waals surface area contributed by atoms with Crippen LogP contribution in [0.3, 0.4) is 0 Å². The van der Waals surface area contributed by atoms with Crippen molar-refractivity contribution in [1.82, 2.24) is 19.8 Å². The number of nitrogens with zero attached hydrogens (tertiary/aromatic N) is 10. The summed E-state index contributed by atoms with van der Waals surface area (Å²) in [7, 11) is 0. The number of aliphatic hydroxyl groups is 2. The minimum Gasteiger partial charge on any atom is -0.870 e. The van der Waals surface area contributed by atoms with E-state index in [0.29, 0.717) is 35.9 Å². The zero-order chi connectivity index (χ0) is 45.7. The number of amides is 2. The quantitative estimate of drug-likeness (QED) is 0.0351. The first-order valence-electron chi connectivity index (χ1n) is 20.8. The van der Waals surface area contributed by atoms with Crippen molar-refractivity contribution >= 4 is 46.4 Å². The molecule has 0 fully saturated rings. The van der Waals surface area contributed by atoms with Crippen molar-refractivity contribution in [1.29, 1.82) is 0 Å². The normalized spacial score (nSPS) is 14.6. The van der Waals surface area contributed by atoms with Crippen LogP contribution in [0.25, 0.3) is 20.9 Å². The molecule has 19 nitrogen and oxygen atoms in total. The van der Waals surface area contributed by atoms with Crippen LogP contribution in [-0.4, -0.2) is 108 Å². The van der Waals surface area contributed by atoms with Gasteiger partial charge in [-0.1, -0.05) is 92.3 Å². The number of carboxylic acids is 1. The van der Waals surface area contributed by atoms with Gasteiger partial charge in [-0.15, -0.1) is 22.7 Å². The molecule has 2 aromatic rings. The van der Waals surface area contributed by atoms with Gasteiger partial charge in [-0.05, 0) is 54.5 Å². The van der Waals surface area contributed by atoms with Crippen LogP contribution >= 0.6 is 22.7 Å². The summed E-state index contributed by atoms with van der Waals surface area (Å²) >= 11 is 2.27. The Hall–Kier alpha value is -3.76. The number of azide groups is 2. The second kappa shape index (κ2) is 31.1. The molecule has 8 atom stereocenters. The Bertz CT molecular complexity index is 1750. The zero-order valence-corrected chi connectivity index (χ0v) is 40.0. The van der Waals surface area contributed by atoms with Gasteiger partial charge in [-0.25, -0.2) is 19.6 Å². The molecule has 344 valence electrons. The van der Waals surface area contributed by atoms with E-state index >= 15 is 0 Å². The standard InChI is InChI=1S/C21H35N5O4S.C19H31N5O4S.Li.H2O/c1-7-10-26(20(28)18(24-25-22)14(6)8-2)16(13(4)5)11-17(27)19-23-15(12-31-19)21(29)30-9-3;1-6-8-24(18(26)16(22-23-20)12(5)7-2)14(11(3)4)9-15(25)17-21-13(10-29-17)19(27)28;;/h12-14,16-18,27H,7-11H2,1-6H3;10-12,14-16,25H,6-9H2,1-5H3,(H,27,28);;1H2/q;;+1;/p-1/t14?,16-,17-,18+;12?,14-,15-,16+;;/m11../s1. The van der Waals surface area contributed by atoms with E-state index in [1.807, 2.05) is 69.2 Å². The van der Waals surface area contributed by atoms with E-state index in [1.165, 1.54) is 16.7 Å². The molecule has 2 rings (SSSR count). The Morgan fingerprint density at radius 1 is 0.726 bits per heavy atom. The number of esters is 1. The fourth-order valence-electron chi connectivity index (χ4n) is 6.53. The van der Waals surface area contributed by atoms with Crippen LogP contribution in [0.1, 0.15) is 158 Å². The molecule has 62 heavy (non-hydrogen) atoms. The second-order valence-corrected chi connectivity index (χ2v) is 17.2. The molecule has 0 bridgehead atoms. The van der Waals surface area contributed by atoms with Gasteiger partial charge >= 0.3 is 30.8 Å². The Labute approximate surface area is 385 Å². The number of hydrogen-bond donors (Lipinski definition) is 3. The summed E-state index contributed by atoms with van der Waals surface area (Å²) in [6, 6.07) is -2.17. The molecule has 0 aliphatic heterocycles. The smallest absolute Gasteiger partial charge is 0.870 e. The summed E-state index contributed by atoms with van der Waals surface area (Å²) in [5, 5.41) is 41.7. The Morgan fingerprint density at radius 3 is 1.39 bits per heavy atom. The van der Waals surface area contributed by atoms with Crippen LogP contribution in [0.15, 0.2) is 21.0 Å². The molecule has 4 N–H and O–H groups in total. The van der Waals surface area contributed by atoms with Gasteiger partial charge in [0.1, 0.15) is 34.3 Å². The summed E-state index contributed by atoms with van der Waals surface area (Å²) in [6.45, 7) is 22.4. The number of carboxylic acid groups (broad SMARTS) is 1. The fraction of sp³-hybridized carbons (Fsp3) is 0.750. The molecule has 2 heterocycles. The average Bonchev–Trinajstić information content (AvgIpc) is 3.93. The van der Waals surface area contributed by atoms with Gasteiger partial charge in [0.15, 0.2) is 11.4 Å². The molecule has 2 unspecified atom stereocenters. The van der Waals surface area contributed by atoms with Crippen LogP contribution in [0.2, 0.25) is 0 Å². The fourth-order valence-corrected chi connectivity index (χ4v) is 8.10. The van der Waals surface area contributed by atoms with E-state index in [-0.39, 0.29) is 103 Å². The Kier molecular flexibility index (Phi) is 30.3. The predicted octanol–water partition coefficient (Wildman–Crippen LogP) is 5.81. The van der Waals surface area contributed by atoms with Crippen LogP contribution < -0.4 is 18.9 Å². The number of carbonyl (C=O) groups excluding carboxylic acids is 3. The van der Waals surface area contributed by atoms with Crippen LogP contribution in [0, 0.1) is 23.7 Å². The molecule has 2 amide bonds. The van der Waals surface area contributed by atoms with E-state index in [0.717, 1.165) is 24.2 Å². The van der Waals surface area contributed by atoms with E-state index in [2.05, 4.69) is 30.0 Å². The van der Waals surface area contributed by atoms with E-state index in [4.69, 9.17) is 20.9 Å². The van der Waals surface area contributed by atoms with Crippen molar-refractivity contribution in [3.63, 3.8) is 0 Å². The van der Waals surface area contributed by atoms with E-state index in [9.17, 15) is 29.4 Å². The maximum atomic E-state index is 13.4.